The SMILES string of the molecule is COC(=O)[C@H]1C[C@](O)(c2ccccc2)[C@H]1C. The predicted octanol–water partition coefficient (Wildman–Crippen LogP) is 1.70. The number of aliphatic hydroxyl groups is 1. The first-order chi connectivity index (χ1) is 7.59. The largest absolute Gasteiger partial charge is 0.469 e. The Balaban J connectivity index is 2.17. The molecule has 2 rings (SSSR count). The van der Waals surface area contributed by atoms with Crippen molar-refractivity contribution in [3.05, 3.63) is 35.9 Å². The number of esters is 1. The van der Waals surface area contributed by atoms with Crippen LogP contribution in [-0.2, 0) is 15.1 Å². The highest BCUT2D eigenvalue weighted by atomic mass is 16.5. The summed E-state index contributed by atoms with van der Waals surface area (Å²) in [5, 5.41) is 10.5. The Morgan fingerprint density at radius 2 is 2.06 bits per heavy atom. The van der Waals surface area contributed by atoms with E-state index in [2.05, 4.69) is 0 Å². The molecule has 1 aromatic rings. The van der Waals surface area contributed by atoms with Gasteiger partial charge in [-0.3, -0.25) is 4.79 Å². The van der Waals surface area contributed by atoms with Crippen molar-refractivity contribution in [1.29, 1.82) is 0 Å². The predicted molar refractivity (Wildman–Crippen MR) is 59.6 cm³/mol. The maximum absolute atomic E-state index is 11.4. The molecule has 0 spiro atoms. The van der Waals surface area contributed by atoms with E-state index in [0.29, 0.717) is 6.42 Å². The fourth-order valence-corrected chi connectivity index (χ4v) is 2.42. The molecule has 3 heteroatoms. The van der Waals surface area contributed by atoms with E-state index in [4.69, 9.17) is 4.74 Å². The fourth-order valence-electron chi connectivity index (χ4n) is 2.42. The average molecular weight is 220 g/mol. The number of hydrogen-bond acceptors (Lipinski definition) is 3. The topological polar surface area (TPSA) is 46.5 Å². The maximum Gasteiger partial charge on any atom is 0.309 e. The van der Waals surface area contributed by atoms with Crippen LogP contribution in [0, 0.1) is 11.8 Å². The molecule has 1 aliphatic rings. The Hall–Kier alpha value is -1.35. The molecule has 0 heterocycles. The zero-order valence-electron chi connectivity index (χ0n) is 9.51. The van der Waals surface area contributed by atoms with Crippen LogP contribution in [0.25, 0.3) is 0 Å². The van der Waals surface area contributed by atoms with Crippen LogP contribution < -0.4 is 0 Å². The number of carbonyl (C=O) groups excluding carboxylic acids is 1. The second-order valence-electron chi connectivity index (χ2n) is 4.41. The van der Waals surface area contributed by atoms with Crippen molar-refractivity contribution < 1.29 is 14.6 Å². The average Bonchev–Trinajstić information content (AvgIpc) is 2.35. The molecule has 0 bridgehead atoms. The van der Waals surface area contributed by atoms with Gasteiger partial charge in [0, 0.05) is 5.92 Å². The number of methoxy groups -OCH3 is 1. The molecule has 16 heavy (non-hydrogen) atoms. The van der Waals surface area contributed by atoms with Crippen LogP contribution in [0.4, 0.5) is 0 Å². The van der Waals surface area contributed by atoms with Crippen LogP contribution in [0.1, 0.15) is 18.9 Å². The minimum absolute atomic E-state index is 0.0950. The third-order valence-corrected chi connectivity index (χ3v) is 3.67. The Labute approximate surface area is 95.0 Å². The molecule has 1 N–H and O–H groups in total. The highest BCUT2D eigenvalue weighted by Gasteiger charge is 2.54. The number of rotatable bonds is 2. The van der Waals surface area contributed by atoms with Crippen LogP contribution >= 0.6 is 0 Å². The van der Waals surface area contributed by atoms with Gasteiger partial charge in [-0.25, -0.2) is 0 Å². The molecule has 0 saturated heterocycles. The monoisotopic (exact) mass is 220 g/mol. The molecule has 1 fully saturated rings. The maximum atomic E-state index is 11.4. The van der Waals surface area contributed by atoms with Gasteiger partial charge in [-0.1, -0.05) is 37.3 Å². The minimum Gasteiger partial charge on any atom is -0.469 e. The van der Waals surface area contributed by atoms with Gasteiger partial charge in [-0.2, -0.15) is 0 Å². The lowest BCUT2D eigenvalue weighted by Gasteiger charge is -2.49. The molecule has 1 aromatic carbocycles. The third-order valence-electron chi connectivity index (χ3n) is 3.67. The molecule has 1 saturated carbocycles. The van der Waals surface area contributed by atoms with Crippen LogP contribution in [0.15, 0.2) is 30.3 Å². The molecule has 3 atom stereocenters. The van der Waals surface area contributed by atoms with Gasteiger partial charge in [0.25, 0.3) is 0 Å². The highest BCUT2D eigenvalue weighted by molar-refractivity contribution is 5.74. The Morgan fingerprint density at radius 3 is 2.56 bits per heavy atom. The third kappa shape index (κ3) is 1.52. The minimum atomic E-state index is -0.875. The molecule has 0 radical (unpaired) electrons. The van der Waals surface area contributed by atoms with Crippen LogP contribution in [-0.4, -0.2) is 18.2 Å². The molecular weight excluding hydrogens is 204 g/mol. The van der Waals surface area contributed by atoms with Crippen molar-refractivity contribution in [2.45, 2.75) is 18.9 Å². The quantitative estimate of drug-likeness (QED) is 0.772. The van der Waals surface area contributed by atoms with Crippen molar-refractivity contribution >= 4 is 5.97 Å². The summed E-state index contributed by atoms with van der Waals surface area (Å²) in [6, 6.07) is 9.49. The van der Waals surface area contributed by atoms with Crippen molar-refractivity contribution in [2.24, 2.45) is 11.8 Å². The smallest absolute Gasteiger partial charge is 0.309 e. The Bertz CT molecular complexity index is 387. The van der Waals surface area contributed by atoms with Gasteiger partial charge in [0.2, 0.25) is 0 Å². The normalized spacial score (nSPS) is 32.9. The van der Waals surface area contributed by atoms with Crippen LogP contribution in [0.2, 0.25) is 0 Å². The summed E-state index contributed by atoms with van der Waals surface area (Å²) in [6.07, 6.45) is 0.449. The van der Waals surface area contributed by atoms with Gasteiger partial charge in [0.1, 0.15) is 0 Å². The first kappa shape index (κ1) is 11.1. The van der Waals surface area contributed by atoms with Gasteiger partial charge < -0.3 is 9.84 Å². The van der Waals surface area contributed by atoms with E-state index in [1.807, 2.05) is 37.3 Å². The second kappa shape index (κ2) is 3.91. The number of benzene rings is 1. The summed E-state index contributed by atoms with van der Waals surface area (Å²) in [4.78, 5) is 11.4. The summed E-state index contributed by atoms with van der Waals surface area (Å²) in [5.41, 5.74) is 0.00257. The lowest BCUT2D eigenvalue weighted by atomic mass is 9.59. The molecule has 3 nitrogen and oxygen atoms in total. The summed E-state index contributed by atoms with van der Waals surface area (Å²) < 4.78 is 4.70. The van der Waals surface area contributed by atoms with E-state index in [0.717, 1.165) is 5.56 Å². The van der Waals surface area contributed by atoms with E-state index in [1.165, 1.54) is 7.11 Å². The van der Waals surface area contributed by atoms with Gasteiger partial charge in [0.05, 0.1) is 18.6 Å². The molecule has 0 amide bonds. The number of ether oxygens (including phenoxy) is 1. The first-order valence-electron chi connectivity index (χ1n) is 5.45. The fraction of sp³-hybridized carbons (Fsp3) is 0.462. The molecule has 0 aromatic heterocycles. The van der Waals surface area contributed by atoms with Crippen molar-refractivity contribution in [3.8, 4) is 0 Å². The van der Waals surface area contributed by atoms with Gasteiger partial charge in [-0.05, 0) is 12.0 Å². The summed E-state index contributed by atoms with van der Waals surface area (Å²) in [5.74, 6) is -0.509. The van der Waals surface area contributed by atoms with E-state index in [1.54, 1.807) is 0 Å². The van der Waals surface area contributed by atoms with E-state index >= 15 is 0 Å². The van der Waals surface area contributed by atoms with Gasteiger partial charge >= 0.3 is 5.97 Å². The lowest BCUT2D eigenvalue weighted by molar-refractivity contribution is -0.180. The van der Waals surface area contributed by atoms with Gasteiger partial charge in [0.15, 0.2) is 0 Å². The van der Waals surface area contributed by atoms with E-state index in [9.17, 15) is 9.90 Å². The van der Waals surface area contributed by atoms with Crippen molar-refractivity contribution in [3.63, 3.8) is 0 Å². The first-order valence-corrected chi connectivity index (χ1v) is 5.45. The van der Waals surface area contributed by atoms with Crippen LogP contribution in [0.5, 0.6) is 0 Å². The Morgan fingerprint density at radius 1 is 1.44 bits per heavy atom. The standard InChI is InChI=1S/C13H16O3/c1-9-11(12(14)16-2)8-13(9,15)10-6-4-3-5-7-10/h3-7,9,11,15H,8H2,1-2H3/t9-,11-,13+/m0/s1. The second-order valence-corrected chi connectivity index (χ2v) is 4.41. The zero-order valence-corrected chi connectivity index (χ0v) is 9.51. The molecule has 0 unspecified atom stereocenters. The van der Waals surface area contributed by atoms with Crippen molar-refractivity contribution in [2.75, 3.05) is 7.11 Å². The van der Waals surface area contributed by atoms with E-state index < -0.39 is 5.60 Å². The molecular formula is C13H16O3. The van der Waals surface area contributed by atoms with Crippen LogP contribution in [0.3, 0.4) is 0 Å². The summed E-state index contributed by atoms with van der Waals surface area (Å²) in [7, 11) is 1.38. The summed E-state index contributed by atoms with van der Waals surface area (Å²) in [6.45, 7) is 1.89. The van der Waals surface area contributed by atoms with Crippen molar-refractivity contribution in [1.82, 2.24) is 0 Å². The number of carbonyl (C=O) groups is 1. The Kier molecular flexibility index (Phi) is 2.72. The van der Waals surface area contributed by atoms with Gasteiger partial charge in [-0.15, -0.1) is 0 Å². The molecule has 0 aliphatic heterocycles. The lowest BCUT2D eigenvalue weighted by Crippen LogP contribution is -2.53. The summed E-state index contributed by atoms with van der Waals surface area (Å²) >= 11 is 0. The zero-order chi connectivity index (χ0) is 11.8. The number of hydrogen-bond donors (Lipinski definition) is 1. The molecule has 1 aliphatic carbocycles. The highest BCUT2D eigenvalue weighted by Crippen LogP contribution is 2.50. The molecule has 86 valence electrons. The van der Waals surface area contributed by atoms with E-state index in [-0.39, 0.29) is 17.8 Å².